The molecular weight excluding hydrogens is 432 g/mol. The monoisotopic (exact) mass is 456 g/mol. The molecule has 4 rings (SSSR count). The molecule has 8 nitrogen and oxygen atoms in total. The minimum Gasteiger partial charge on any atom is -0.341 e. The Morgan fingerprint density at radius 3 is 2.58 bits per heavy atom. The van der Waals surface area contributed by atoms with Crippen LogP contribution in [0.1, 0.15) is 19.7 Å². The van der Waals surface area contributed by atoms with Gasteiger partial charge in [0.05, 0.1) is 21.7 Å². The van der Waals surface area contributed by atoms with Crippen molar-refractivity contribution in [2.45, 2.75) is 29.7 Å². The molecule has 0 bridgehead atoms. The van der Waals surface area contributed by atoms with E-state index in [4.69, 9.17) is 0 Å². The predicted octanol–water partition coefficient (Wildman–Crippen LogP) is 3.68. The zero-order chi connectivity index (χ0) is 22.0. The zero-order valence-corrected chi connectivity index (χ0v) is 19.2. The SMILES string of the molecule is CCN(CC)S(=O)(=O)c1cccc(-c2nnc(SCc3nc4ccccc4[nH]3)n2C)c1. The average Bonchev–Trinajstić information content (AvgIpc) is 3.36. The molecule has 0 amide bonds. The van der Waals surface area contributed by atoms with Crippen molar-refractivity contribution in [1.82, 2.24) is 29.0 Å². The summed E-state index contributed by atoms with van der Waals surface area (Å²) in [7, 11) is -1.66. The number of H-pyrrole nitrogens is 1. The van der Waals surface area contributed by atoms with Crippen LogP contribution in [0.5, 0.6) is 0 Å². The van der Waals surface area contributed by atoms with Crippen LogP contribution in [-0.2, 0) is 22.8 Å². The van der Waals surface area contributed by atoms with Gasteiger partial charge in [-0.3, -0.25) is 0 Å². The Morgan fingerprint density at radius 2 is 1.84 bits per heavy atom. The summed E-state index contributed by atoms with van der Waals surface area (Å²) in [5.74, 6) is 2.10. The molecule has 162 valence electrons. The first kappa shape index (κ1) is 21.5. The molecule has 0 radical (unpaired) electrons. The van der Waals surface area contributed by atoms with E-state index in [-0.39, 0.29) is 4.90 Å². The smallest absolute Gasteiger partial charge is 0.243 e. The first-order valence-corrected chi connectivity index (χ1v) is 12.4. The van der Waals surface area contributed by atoms with Crippen molar-refractivity contribution >= 4 is 32.8 Å². The van der Waals surface area contributed by atoms with E-state index in [2.05, 4.69) is 20.2 Å². The topological polar surface area (TPSA) is 96.8 Å². The highest BCUT2D eigenvalue weighted by molar-refractivity contribution is 7.98. The predicted molar refractivity (Wildman–Crippen MR) is 122 cm³/mol. The molecule has 0 aliphatic heterocycles. The number of fused-ring (bicyclic) bond motifs is 1. The Labute approximate surface area is 185 Å². The summed E-state index contributed by atoms with van der Waals surface area (Å²) in [6.07, 6.45) is 0. The lowest BCUT2D eigenvalue weighted by Gasteiger charge is -2.18. The summed E-state index contributed by atoms with van der Waals surface area (Å²) in [4.78, 5) is 8.15. The van der Waals surface area contributed by atoms with Crippen molar-refractivity contribution < 1.29 is 8.42 Å². The Bertz CT molecular complexity index is 1280. The van der Waals surface area contributed by atoms with E-state index in [1.165, 1.54) is 16.1 Å². The number of nitrogens with zero attached hydrogens (tertiary/aromatic N) is 5. The van der Waals surface area contributed by atoms with Crippen LogP contribution in [0.4, 0.5) is 0 Å². The van der Waals surface area contributed by atoms with Crippen molar-refractivity contribution in [2.75, 3.05) is 13.1 Å². The first-order chi connectivity index (χ1) is 14.9. The fraction of sp³-hybridized carbons (Fsp3) is 0.286. The lowest BCUT2D eigenvalue weighted by atomic mass is 10.2. The third-order valence-electron chi connectivity index (χ3n) is 5.05. The Kier molecular flexibility index (Phi) is 6.12. The van der Waals surface area contributed by atoms with Gasteiger partial charge < -0.3 is 9.55 Å². The molecule has 2 aromatic heterocycles. The lowest BCUT2D eigenvalue weighted by molar-refractivity contribution is 0.445. The number of hydrogen-bond acceptors (Lipinski definition) is 6. The van der Waals surface area contributed by atoms with Crippen LogP contribution in [-0.4, -0.2) is 50.5 Å². The van der Waals surface area contributed by atoms with E-state index in [0.717, 1.165) is 22.0 Å². The van der Waals surface area contributed by atoms with Crippen molar-refractivity contribution in [2.24, 2.45) is 7.05 Å². The normalized spacial score (nSPS) is 12.1. The second kappa shape index (κ2) is 8.81. The highest BCUT2D eigenvalue weighted by Crippen LogP contribution is 2.27. The summed E-state index contributed by atoms with van der Waals surface area (Å²) in [5.41, 5.74) is 2.64. The number of aromatic nitrogens is 5. The first-order valence-electron chi connectivity index (χ1n) is 10.0. The van der Waals surface area contributed by atoms with Crippen molar-refractivity contribution in [3.05, 3.63) is 54.4 Å². The molecule has 1 N–H and O–H groups in total. The quantitative estimate of drug-likeness (QED) is 0.406. The van der Waals surface area contributed by atoms with Gasteiger partial charge in [0.25, 0.3) is 0 Å². The summed E-state index contributed by atoms with van der Waals surface area (Å²) < 4.78 is 29.1. The number of sulfonamides is 1. The number of thioether (sulfide) groups is 1. The van der Waals surface area contributed by atoms with Gasteiger partial charge in [0.15, 0.2) is 11.0 Å². The maximum atomic E-state index is 12.9. The van der Waals surface area contributed by atoms with Crippen LogP contribution in [0, 0.1) is 0 Å². The molecule has 0 saturated heterocycles. The number of para-hydroxylation sites is 2. The maximum absolute atomic E-state index is 12.9. The molecule has 0 fully saturated rings. The molecule has 0 aliphatic carbocycles. The number of imidazole rings is 1. The molecular formula is C21H24N6O2S2. The Balaban J connectivity index is 1.56. The van der Waals surface area contributed by atoms with Gasteiger partial charge in [-0.1, -0.05) is 49.9 Å². The van der Waals surface area contributed by atoms with Gasteiger partial charge in [-0.05, 0) is 24.3 Å². The minimum absolute atomic E-state index is 0.258. The van der Waals surface area contributed by atoms with E-state index in [1.54, 1.807) is 18.2 Å². The summed E-state index contributed by atoms with van der Waals surface area (Å²) in [5, 5.41) is 9.33. The van der Waals surface area contributed by atoms with Crippen LogP contribution in [0.2, 0.25) is 0 Å². The standard InChI is InChI=1S/C21H24N6O2S2/c1-4-27(5-2)31(28,29)16-10-8-9-15(13-16)20-24-25-21(26(20)3)30-14-19-22-17-11-6-7-12-18(17)23-19/h6-13H,4-5,14H2,1-3H3,(H,22,23). The van der Waals surface area contributed by atoms with E-state index < -0.39 is 10.0 Å². The molecule has 0 atom stereocenters. The van der Waals surface area contributed by atoms with Crippen molar-refractivity contribution in [3.63, 3.8) is 0 Å². The van der Waals surface area contributed by atoms with Crippen LogP contribution in [0.3, 0.4) is 0 Å². The lowest BCUT2D eigenvalue weighted by Crippen LogP contribution is -2.30. The Morgan fingerprint density at radius 1 is 1.06 bits per heavy atom. The van der Waals surface area contributed by atoms with Crippen molar-refractivity contribution in [3.8, 4) is 11.4 Å². The van der Waals surface area contributed by atoms with Gasteiger partial charge in [0.2, 0.25) is 10.0 Å². The molecule has 0 aliphatic rings. The molecule has 0 saturated carbocycles. The number of aromatic amines is 1. The zero-order valence-electron chi connectivity index (χ0n) is 17.6. The van der Waals surface area contributed by atoms with E-state index in [0.29, 0.717) is 30.2 Å². The molecule has 0 spiro atoms. The highest BCUT2D eigenvalue weighted by Gasteiger charge is 2.22. The third kappa shape index (κ3) is 4.23. The summed E-state index contributed by atoms with van der Waals surface area (Å²) in [6, 6.07) is 14.8. The Hall–Kier alpha value is -2.69. The number of benzene rings is 2. The van der Waals surface area contributed by atoms with E-state index in [1.807, 2.05) is 55.8 Å². The summed E-state index contributed by atoms with van der Waals surface area (Å²) in [6.45, 7) is 4.52. The molecule has 10 heteroatoms. The van der Waals surface area contributed by atoms with Gasteiger partial charge in [-0.2, -0.15) is 4.31 Å². The molecule has 31 heavy (non-hydrogen) atoms. The number of hydrogen-bond donors (Lipinski definition) is 1. The van der Waals surface area contributed by atoms with Gasteiger partial charge in [0, 0.05) is 25.7 Å². The van der Waals surface area contributed by atoms with Gasteiger partial charge in [0.1, 0.15) is 5.82 Å². The second-order valence-corrected chi connectivity index (χ2v) is 9.85. The molecule has 2 heterocycles. The maximum Gasteiger partial charge on any atom is 0.243 e. The fourth-order valence-electron chi connectivity index (χ4n) is 3.41. The third-order valence-corrected chi connectivity index (χ3v) is 8.12. The van der Waals surface area contributed by atoms with Crippen LogP contribution < -0.4 is 0 Å². The summed E-state index contributed by atoms with van der Waals surface area (Å²) >= 11 is 1.52. The highest BCUT2D eigenvalue weighted by atomic mass is 32.2. The van der Waals surface area contributed by atoms with Gasteiger partial charge >= 0.3 is 0 Å². The average molecular weight is 457 g/mol. The number of nitrogens with one attached hydrogen (secondary N) is 1. The van der Waals surface area contributed by atoms with Crippen molar-refractivity contribution in [1.29, 1.82) is 0 Å². The van der Waals surface area contributed by atoms with E-state index in [9.17, 15) is 8.42 Å². The molecule has 4 aromatic rings. The van der Waals surface area contributed by atoms with Gasteiger partial charge in [-0.15, -0.1) is 10.2 Å². The van der Waals surface area contributed by atoms with Gasteiger partial charge in [-0.25, -0.2) is 13.4 Å². The number of rotatable bonds is 8. The van der Waals surface area contributed by atoms with Crippen LogP contribution >= 0.6 is 11.8 Å². The van der Waals surface area contributed by atoms with E-state index >= 15 is 0 Å². The fourth-order valence-corrected chi connectivity index (χ4v) is 5.69. The molecule has 2 aromatic carbocycles. The minimum atomic E-state index is -3.54. The van der Waals surface area contributed by atoms with Crippen LogP contribution in [0.25, 0.3) is 22.4 Å². The largest absolute Gasteiger partial charge is 0.341 e. The second-order valence-electron chi connectivity index (χ2n) is 6.97. The molecule has 0 unspecified atom stereocenters. The van der Waals surface area contributed by atoms with Crippen LogP contribution in [0.15, 0.2) is 58.6 Å².